The quantitative estimate of drug-likeness (QED) is 0.437. The van der Waals surface area contributed by atoms with E-state index in [9.17, 15) is 14.4 Å². The fourth-order valence-corrected chi connectivity index (χ4v) is 5.28. The molecule has 1 heterocycles. The standard InChI is InChI=1S/C31H48N2O6/c1-20(2)21-9-12-24(13-10-21)37-25-14-11-23-19-33(16-15-22(23)17-25)28(35)26(18-27(34)38-30(3,4)5)32-29(36)39-31(6,7)8/h11,14,17,20-21,24,26H,9-10,12-13,15-16,18-19H2,1-8H3,(H,32,36)/t21-,24-,26?. The molecule has 0 saturated heterocycles. The summed E-state index contributed by atoms with van der Waals surface area (Å²) in [6.45, 7) is 16.0. The summed E-state index contributed by atoms with van der Waals surface area (Å²) >= 11 is 0. The van der Waals surface area contributed by atoms with Gasteiger partial charge >= 0.3 is 12.1 Å². The number of nitrogens with zero attached hydrogens (tertiary/aromatic N) is 1. The third-order valence-corrected chi connectivity index (χ3v) is 7.25. The molecule has 1 aliphatic carbocycles. The number of fused-ring (bicyclic) bond motifs is 1. The van der Waals surface area contributed by atoms with E-state index in [4.69, 9.17) is 14.2 Å². The van der Waals surface area contributed by atoms with Crippen LogP contribution in [-0.4, -0.2) is 52.8 Å². The molecule has 8 heteroatoms. The van der Waals surface area contributed by atoms with Gasteiger partial charge in [0.25, 0.3) is 0 Å². The Morgan fingerprint density at radius 3 is 2.18 bits per heavy atom. The SMILES string of the molecule is CC(C)[C@H]1CC[C@H](Oc2ccc3c(c2)CCN(C(=O)C(CC(=O)OC(C)(C)C)NC(=O)OC(C)(C)C)C3)CC1. The Morgan fingerprint density at radius 1 is 0.949 bits per heavy atom. The minimum atomic E-state index is -1.08. The highest BCUT2D eigenvalue weighted by Gasteiger charge is 2.33. The molecule has 1 aliphatic heterocycles. The van der Waals surface area contributed by atoms with Crippen molar-refractivity contribution < 1.29 is 28.6 Å². The average Bonchev–Trinajstić information content (AvgIpc) is 2.81. The van der Waals surface area contributed by atoms with E-state index in [0.717, 1.165) is 41.6 Å². The number of carbonyl (C=O) groups is 3. The largest absolute Gasteiger partial charge is 0.490 e. The number of carbonyl (C=O) groups excluding carboxylic acids is 3. The van der Waals surface area contributed by atoms with Crippen LogP contribution < -0.4 is 10.1 Å². The van der Waals surface area contributed by atoms with Crippen LogP contribution in [0.15, 0.2) is 18.2 Å². The molecule has 1 atom stereocenters. The summed E-state index contributed by atoms with van der Waals surface area (Å²) < 4.78 is 17.1. The second kappa shape index (κ2) is 12.6. The second-order valence-electron chi connectivity index (χ2n) is 13.3. The van der Waals surface area contributed by atoms with E-state index in [1.54, 1.807) is 46.4 Å². The van der Waals surface area contributed by atoms with Crippen LogP contribution in [0.3, 0.4) is 0 Å². The lowest BCUT2D eigenvalue weighted by molar-refractivity contribution is -0.157. The molecule has 1 aromatic rings. The molecule has 218 valence electrons. The molecule has 1 N–H and O–H groups in total. The van der Waals surface area contributed by atoms with Gasteiger partial charge in [0.2, 0.25) is 5.91 Å². The van der Waals surface area contributed by atoms with Crippen molar-refractivity contribution >= 4 is 18.0 Å². The van der Waals surface area contributed by atoms with Crippen molar-refractivity contribution in [1.29, 1.82) is 0 Å². The lowest BCUT2D eigenvalue weighted by Crippen LogP contribution is -2.52. The molecule has 8 nitrogen and oxygen atoms in total. The van der Waals surface area contributed by atoms with Crippen LogP contribution in [0.5, 0.6) is 5.75 Å². The highest BCUT2D eigenvalue weighted by atomic mass is 16.6. The summed E-state index contributed by atoms with van der Waals surface area (Å²) in [5.41, 5.74) is 0.769. The van der Waals surface area contributed by atoms with Crippen LogP contribution in [0.25, 0.3) is 0 Å². The topological polar surface area (TPSA) is 94.2 Å². The summed E-state index contributed by atoms with van der Waals surface area (Å²) in [6, 6.07) is 5.02. The van der Waals surface area contributed by atoms with Gasteiger partial charge in [0, 0.05) is 13.1 Å². The van der Waals surface area contributed by atoms with E-state index in [1.807, 2.05) is 12.1 Å². The Balaban J connectivity index is 1.65. The van der Waals surface area contributed by atoms with Crippen molar-refractivity contribution in [3.05, 3.63) is 29.3 Å². The number of hydrogen-bond acceptors (Lipinski definition) is 6. The highest BCUT2D eigenvalue weighted by Crippen LogP contribution is 2.33. The van der Waals surface area contributed by atoms with Gasteiger partial charge in [-0.2, -0.15) is 0 Å². The van der Waals surface area contributed by atoms with Crippen molar-refractivity contribution in [2.75, 3.05) is 6.54 Å². The van der Waals surface area contributed by atoms with E-state index in [-0.39, 0.29) is 18.4 Å². The predicted octanol–water partition coefficient (Wildman–Crippen LogP) is 5.79. The molecule has 3 rings (SSSR count). The maximum Gasteiger partial charge on any atom is 0.408 e. The first kappa shape index (κ1) is 30.8. The zero-order valence-corrected chi connectivity index (χ0v) is 25.1. The molecule has 1 saturated carbocycles. The second-order valence-corrected chi connectivity index (χ2v) is 13.3. The summed E-state index contributed by atoms with van der Waals surface area (Å²) in [5.74, 6) is 1.51. The maximum atomic E-state index is 13.5. The van der Waals surface area contributed by atoms with Gasteiger partial charge < -0.3 is 24.4 Å². The van der Waals surface area contributed by atoms with Crippen molar-refractivity contribution in [2.45, 2.75) is 124 Å². The minimum Gasteiger partial charge on any atom is -0.490 e. The van der Waals surface area contributed by atoms with E-state index in [0.29, 0.717) is 19.5 Å². The monoisotopic (exact) mass is 544 g/mol. The number of nitrogens with one attached hydrogen (secondary N) is 1. The molecule has 0 spiro atoms. The minimum absolute atomic E-state index is 0.257. The van der Waals surface area contributed by atoms with Crippen molar-refractivity contribution in [1.82, 2.24) is 10.2 Å². The van der Waals surface area contributed by atoms with Crippen LogP contribution in [0, 0.1) is 11.8 Å². The first-order chi connectivity index (χ1) is 18.1. The Kier molecular flexibility index (Phi) is 9.94. The fraction of sp³-hybridized carbons (Fsp3) is 0.710. The number of esters is 1. The molecule has 1 fully saturated rings. The van der Waals surface area contributed by atoms with Crippen LogP contribution in [-0.2, 0) is 32.0 Å². The zero-order valence-electron chi connectivity index (χ0n) is 25.1. The lowest BCUT2D eigenvalue weighted by Gasteiger charge is -2.33. The summed E-state index contributed by atoms with van der Waals surface area (Å²) in [5, 5.41) is 2.60. The summed E-state index contributed by atoms with van der Waals surface area (Å²) in [4.78, 5) is 40.3. The van der Waals surface area contributed by atoms with Crippen molar-refractivity contribution in [3.63, 3.8) is 0 Å². The fourth-order valence-electron chi connectivity index (χ4n) is 5.28. The molecule has 39 heavy (non-hydrogen) atoms. The molecular formula is C31H48N2O6. The first-order valence-electron chi connectivity index (χ1n) is 14.4. The molecule has 2 aliphatic rings. The Morgan fingerprint density at radius 2 is 1.59 bits per heavy atom. The Bertz CT molecular complexity index is 985. The zero-order chi connectivity index (χ0) is 29.0. The number of benzene rings is 1. The molecule has 2 amide bonds. The van der Waals surface area contributed by atoms with Crippen LogP contribution in [0.4, 0.5) is 4.79 Å². The number of alkyl carbamates (subject to hydrolysis) is 1. The number of rotatable bonds is 7. The highest BCUT2D eigenvalue weighted by molar-refractivity contribution is 5.90. The number of amides is 2. The van der Waals surface area contributed by atoms with Gasteiger partial charge in [-0.3, -0.25) is 9.59 Å². The van der Waals surface area contributed by atoms with E-state index in [1.165, 1.54) is 12.8 Å². The molecule has 0 aromatic heterocycles. The van der Waals surface area contributed by atoms with Crippen molar-refractivity contribution in [2.24, 2.45) is 11.8 Å². The first-order valence-corrected chi connectivity index (χ1v) is 14.4. The van der Waals surface area contributed by atoms with E-state index >= 15 is 0 Å². The van der Waals surface area contributed by atoms with Gasteiger partial charge in [-0.15, -0.1) is 0 Å². The molecule has 1 unspecified atom stereocenters. The predicted molar refractivity (Wildman–Crippen MR) is 150 cm³/mol. The van der Waals surface area contributed by atoms with Crippen molar-refractivity contribution in [3.8, 4) is 5.75 Å². The number of hydrogen-bond donors (Lipinski definition) is 1. The van der Waals surface area contributed by atoms with Gasteiger partial charge in [0.05, 0.1) is 12.5 Å². The molecule has 0 bridgehead atoms. The third-order valence-electron chi connectivity index (χ3n) is 7.25. The van der Waals surface area contributed by atoms with Gasteiger partial charge in [-0.1, -0.05) is 19.9 Å². The normalized spacial score (nSPS) is 20.6. The van der Waals surface area contributed by atoms with Crippen LogP contribution in [0.1, 0.15) is 98.6 Å². The van der Waals surface area contributed by atoms with Gasteiger partial charge in [-0.25, -0.2) is 4.79 Å². The van der Waals surface area contributed by atoms with Crippen LogP contribution in [0.2, 0.25) is 0 Å². The maximum absolute atomic E-state index is 13.5. The smallest absolute Gasteiger partial charge is 0.408 e. The van der Waals surface area contributed by atoms with E-state index < -0.39 is 29.3 Å². The Hall–Kier alpha value is -2.77. The van der Waals surface area contributed by atoms with Gasteiger partial charge in [-0.05, 0) is 109 Å². The van der Waals surface area contributed by atoms with E-state index in [2.05, 4.69) is 25.2 Å². The summed E-state index contributed by atoms with van der Waals surface area (Å²) in [6.07, 6.45) is 4.52. The molecule has 1 aromatic carbocycles. The number of ether oxygens (including phenoxy) is 3. The van der Waals surface area contributed by atoms with Gasteiger partial charge in [0.15, 0.2) is 0 Å². The lowest BCUT2D eigenvalue weighted by atomic mass is 9.80. The van der Waals surface area contributed by atoms with Gasteiger partial charge in [0.1, 0.15) is 23.0 Å². The Labute approximate surface area is 234 Å². The molecule has 0 radical (unpaired) electrons. The summed E-state index contributed by atoms with van der Waals surface area (Å²) in [7, 11) is 0. The average molecular weight is 545 g/mol. The third kappa shape index (κ3) is 9.73. The molecular weight excluding hydrogens is 496 g/mol. The van der Waals surface area contributed by atoms with Crippen LogP contribution >= 0.6 is 0 Å².